The van der Waals surface area contributed by atoms with Gasteiger partial charge in [0.25, 0.3) is 5.91 Å². The van der Waals surface area contributed by atoms with Crippen LogP contribution in [0.5, 0.6) is 0 Å². The summed E-state index contributed by atoms with van der Waals surface area (Å²) in [6.07, 6.45) is 5.22. The first-order valence-electron chi connectivity index (χ1n) is 10.0. The number of carbonyl (C=O) groups excluding carboxylic acids is 1. The lowest BCUT2D eigenvalue weighted by Crippen LogP contribution is -2.40. The standard InChI is InChI=1S/C20H28N6O2/c1-21-19-15(5-4-7-22-19)14-26-8-3-2-6-18(26)16-13-17(24-23-16)20(27)25-9-11-28-12-10-25/h4-5,7,13,18H,2-3,6,8-12,14H2,1H3,(H,21,22)(H,23,24). The molecule has 2 aromatic rings. The maximum Gasteiger partial charge on any atom is 0.274 e. The molecule has 8 nitrogen and oxygen atoms in total. The molecule has 0 aliphatic carbocycles. The van der Waals surface area contributed by atoms with Crippen LogP contribution in [-0.2, 0) is 11.3 Å². The Labute approximate surface area is 165 Å². The molecule has 1 atom stereocenters. The Morgan fingerprint density at radius 1 is 1.32 bits per heavy atom. The molecule has 2 aromatic heterocycles. The van der Waals surface area contributed by atoms with Gasteiger partial charge >= 0.3 is 0 Å². The molecular weight excluding hydrogens is 356 g/mol. The Kier molecular flexibility index (Phi) is 5.87. The van der Waals surface area contributed by atoms with E-state index in [1.165, 1.54) is 18.4 Å². The molecule has 0 bridgehead atoms. The van der Waals surface area contributed by atoms with Crippen molar-refractivity contribution in [2.45, 2.75) is 31.8 Å². The van der Waals surface area contributed by atoms with Crippen molar-refractivity contribution in [1.82, 2.24) is 25.0 Å². The van der Waals surface area contributed by atoms with Gasteiger partial charge < -0.3 is 15.0 Å². The summed E-state index contributed by atoms with van der Waals surface area (Å²) >= 11 is 0. The third-order valence-electron chi connectivity index (χ3n) is 5.59. The summed E-state index contributed by atoms with van der Waals surface area (Å²) in [5.41, 5.74) is 2.70. The molecule has 2 fully saturated rings. The van der Waals surface area contributed by atoms with Gasteiger partial charge in [-0.15, -0.1) is 0 Å². The monoisotopic (exact) mass is 384 g/mol. The molecule has 0 spiro atoms. The highest BCUT2D eigenvalue weighted by Crippen LogP contribution is 2.32. The molecule has 1 unspecified atom stereocenters. The number of nitrogens with zero attached hydrogens (tertiary/aromatic N) is 4. The van der Waals surface area contributed by atoms with Gasteiger partial charge in [0.05, 0.1) is 24.9 Å². The highest BCUT2D eigenvalue weighted by Gasteiger charge is 2.28. The summed E-state index contributed by atoms with van der Waals surface area (Å²) in [6.45, 7) is 4.29. The fraction of sp³-hybridized carbons (Fsp3) is 0.550. The second-order valence-electron chi connectivity index (χ2n) is 7.36. The second-order valence-corrected chi connectivity index (χ2v) is 7.36. The van der Waals surface area contributed by atoms with E-state index in [4.69, 9.17) is 4.74 Å². The number of H-pyrrole nitrogens is 1. The zero-order chi connectivity index (χ0) is 19.3. The Balaban J connectivity index is 1.50. The number of likely N-dealkylation sites (tertiary alicyclic amines) is 1. The summed E-state index contributed by atoms with van der Waals surface area (Å²) in [7, 11) is 1.90. The fourth-order valence-corrected chi connectivity index (χ4v) is 4.09. The molecule has 2 aliphatic heterocycles. The Bertz CT molecular complexity index is 801. The van der Waals surface area contributed by atoms with E-state index in [1.54, 1.807) is 6.20 Å². The minimum Gasteiger partial charge on any atom is -0.378 e. The lowest BCUT2D eigenvalue weighted by molar-refractivity contribution is 0.0299. The van der Waals surface area contributed by atoms with Crippen LogP contribution >= 0.6 is 0 Å². The topological polar surface area (TPSA) is 86.4 Å². The van der Waals surface area contributed by atoms with E-state index in [1.807, 2.05) is 24.1 Å². The van der Waals surface area contributed by atoms with Crippen molar-refractivity contribution >= 4 is 11.7 Å². The number of piperidine rings is 1. The van der Waals surface area contributed by atoms with Crippen LogP contribution < -0.4 is 5.32 Å². The first-order valence-corrected chi connectivity index (χ1v) is 10.0. The molecule has 2 aliphatic rings. The van der Waals surface area contributed by atoms with Crippen LogP contribution in [0.1, 0.15) is 47.1 Å². The van der Waals surface area contributed by atoms with E-state index < -0.39 is 0 Å². The average Bonchev–Trinajstić information content (AvgIpc) is 3.25. The number of hydrogen-bond donors (Lipinski definition) is 2. The van der Waals surface area contributed by atoms with Crippen LogP contribution in [0, 0.1) is 0 Å². The summed E-state index contributed by atoms with van der Waals surface area (Å²) in [5, 5.41) is 10.6. The van der Waals surface area contributed by atoms with Crippen LogP contribution in [0.3, 0.4) is 0 Å². The molecule has 4 heterocycles. The number of aromatic nitrogens is 3. The molecule has 2 N–H and O–H groups in total. The molecule has 4 rings (SSSR count). The number of pyridine rings is 1. The van der Waals surface area contributed by atoms with Crippen molar-refractivity contribution in [1.29, 1.82) is 0 Å². The van der Waals surface area contributed by atoms with Crippen molar-refractivity contribution in [3.05, 3.63) is 41.3 Å². The van der Waals surface area contributed by atoms with E-state index in [9.17, 15) is 4.79 Å². The van der Waals surface area contributed by atoms with Crippen LogP contribution in [0.4, 0.5) is 5.82 Å². The zero-order valence-electron chi connectivity index (χ0n) is 16.4. The number of anilines is 1. The maximum absolute atomic E-state index is 12.7. The number of ether oxygens (including phenoxy) is 1. The average molecular weight is 384 g/mol. The zero-order valence-corrected chi connectivity index (χ0v) is 16.4. The van der Waals surface area contributed by atoms with Crippen LogP contribution in [0.2, 0.25) is 0 Å². The van der Waals surface area contributed by atoms with E-state index in [0.717, 1.165) is 31.0 Å². The van der Waals surface area contributed by atoms with E-state index >= 15 is 0 Å². The molecule has 0 radical (unpaired) electrons. The SMILES string of the molecule is CNc1ncccc1CN1CCCCC1c1cc(C(=O)N2CCOCC2)n[nH]1. The van der Waals surface area contributed by atoms with Crippen LogP contribution in [0.25, 0.3) is 0 Å². The second kappa shape index (κ2) is 8.70. The van der Waals surface area contributed by atoms with Gasteiger partial charge in [-0.1, -0.05) is 12.5 Å². The molecule has 0 saturated carbocycles. The van der Waals surface area contributed by atoms with Crippen LogP contribution in [0.15, 0.2) is 24.4 Å². The predicted molar refractivity (Wildman–Crippen MR) is 106 cm³/mol. The van der Waals surface area contributed by atoms with Gasteiger partial charge in [0, 0.05) is 38.4 Å². The van der Waals surface area contributed by atoms with Gasteiger partial charge in [-0.25, -0.2) is 4.98 Å². The molecule has 28 heavy (non-hydrogen) atoms. The van der Waals surface area contributed by atoms with Gasteiger partial charge in [-0.3, -0.25) is 14.8 Å². The molecule has 0 aromatic carbocycles. The minimum atomic E-state index is -0.0158. The maximum atomic E-state index is 12.7. The van der Waals surface area contributed by atoms with E-state index in [0.29, 0.717) is 32.0 Å². The third-order valence-corrected chi connectivity index (χ3v) is 5.59. The summed E-state index contributed by atoms with van der Waals surface area (Å²) in [5.74, 6) is 0.900. The smallest absolute Gasteiger partial charge is 0.274 e. The van der Waals surface area contributed by atoms with Crippen molar-refractivity contribution < 1.29 is 9.53 Å². The summed E-state index contributed by atoms with van der Waals surface area (Å²) in [6, 6.07) is 6.26. The van der Waals surface area contributed by atoms with Gasteiger partial charge in [0.15, 0.2) is 0 Å². The van der Waals surface area contributed by atoms with Gasteiger partial charge in [-0.05, 0) is 31.5 Å². The number of carbonyl (C=O) groups is 1. The molecule has 8 heteroatoms. The van der Waals surface area contributed by atoms with Gasteiger partial charge in [0.1, 0.15) is 11.5 Å². The number of rotatable bonds is 5. The number of amides is 1. The Morgan fingerprint density at radius 3 is 3.00 bits per heavy atom. The summed E-state index contributed by atoms with van der Waals surface area (Å²) in [4.78, 5) is 21.4. The van der Waals surface area contributed by atoms with E-state index in [-0.39, 0.29) is 11.9 Å². The van der Waals surface area contributed by atoms with Gasteiger partial charge in [0.2, 0.25) is 0 Å². The number of aromatic amines is 1. The minimum absolute atomic E-state index is 0.0158. The number of nitrogens with one attached hydrogen (secondary N) is 2. The lowest BCUT2D eigenvalue weighted by atomic mass is 9.98. The normalized spacial score (nSPS) is 20.9. The lowest BCUT2D eigenvalue weighted by Gasteiger charge is -2.35. The molecule has 2 saturated heterocycles. The molecule has 150 valence electrons. The van der Waals surface area contributed by atoms with Crippen molar-refractivity contribution in [3.8, 4) is 0 Å². The Morgan fingerprint density at radius 2 is 2.18 bits per heavy atom. The first-order chi connectivity index (χ1) is 13.8. The largest absolute Gasteiger partial charge is 0.378 e. The highest BCUT2D eigenvalue weighted by atomic mass is 16.5. The van der Waals surface area contributed by atoms with Gasteiger partial charge in [-0.2, -0.15) is 5.10 Å². The molecule has 1 amide bonds. The molecular formula is C20H28N6O2. The van der Waals surface area contributed by atoms with Crippen molar-refractivity contribution in [2.24, 2.45) is 0 Å². The van der Waals surface area contributed by atoms with Crippen LogP contribution in [-0.4, -0.2) is 70.8 Å². The highest BCUT2D eigenvalue weighted by molar-refractivity contribution is 5.92. The first kappa shape index (κ1) is 18.9. The fourth-order valence-electron chi connectivity index (χ4n) is 4.09. The summed E-state index contributed by atoms with van der Waals surface area (Å²) < 4.78 is 5.34. The van der Waals surface area contributed by atoms with Crippen molar-refractivity contribution in [2.75, 3.05) is 45.2 Å². The third kappa shape index (κ3) is 4.02. The quantitative estimate of drug-likeness (QED) is 0.821. The van der Waals surface area contributed by atoms with E-state index in [2.05, 4.69) is 31.5 Å². The predicted octanol–water partition coefficient (Wildman–Crippen LogP) is 2.05. The van der Waals surface area contributed by atoms with Crippen molar-refractivity contribution in [3.63, 3.8) is 0 Å². The number of morpholine rings is 1. The number of hydrogen-bond acceptors (Lipinski definition) is 6. The Hall–Kier alpha value is -2.45.